The third-order valence-corrected chi connectivity index (χ3v) is 2.69. The van der Waals surface area contributed by atoms with E-state index in [9.17, 15) is 5.11 Å². The van der Waals surface area contributed by atoms with E-state index in [4.69, 9.17) is 0 Å². The molecule has 1 aromatic heterocycles. The average molecular weight is 207 g/mol. The van der Waals surface area contributed by atoms with E-state index in [2.05, 4.69) is 15.3 Å². The smallest absolute Gasteiger partial charge is 0.223 e. The van der Waals surface area contributed by atoms with Crippen LogP contribution in [0.25, 0.3) is 0 Å². The van der Waals surface area contributed by atoms with Crippen molar-refractivity contribution in [2.45, 2.75) is 45.3 Å². The van der Waals surface area contributed by atoms with Crippen molar-refractivity contribution >= 4 is 5.95 Å². The second-order valence-corrected chi connectivity index (χ2v) is 4.72. The predicted molar refractivity (Wildman–Crippen MR) is 58.8 cm³/mol. The molecule has 4 heteroatoms. The van der Waals surface area contributed by atoms with Crippen molar-refractivity contribution < 1.29 is 5.11 Å². The highest BCUT2D eigenvalue weighted by atomic mass is 16.3. The van der Waals surface area contributed by atoms with E-state index in [-0.39, 0.29) is 0 Å². The minimum Gasteiger partial charge on any atom is -0.390 e. The molecule has 1 fully saturated rings. The van der Waals surface area contributed by atoms with E-state index in [0.29, 0.717) is 12.0 Å². The fourth-order valence-electron chi connectivity index (χ4n) is 2.08. The Morgan fingerprint density at radius 2 is 1.87 bits per heavy atom. The van der Waals surface area contributed by atoms with Gasteiger partial charge in [0, 0.05) is 17.4 Å². The largest absolute Gasteiger partial charge is 0.390 e. The molecule has 0 saturated heterocycles. The Bertz CT molecular complexity index is 348. The third-order valence-electron chi connectivity index (χ3n) is 2.69. The van der Waals surface area contributed by atoms with Crippen molar-refractivity contribution in [1.29, 1.82) is 0 Å². The van der Waals surface area contributed by atoms with Crippen LogP contribution in [0.3, 0.4) is 0 Å². The van der Waals surface area contributed by atoms with Gasteiger partial charge in [0.05, 0.1) is 5.60 Å². The van der Waals surface area contributed by atoms with Crippen molar-refractivity contribution in [3.8, 4) is 0 Å². The number of anilines is 1. The van der Waals surface area contributed by atoms with Crippen molar-refractivity contribution in [2.75, 3.05) is 5.32 Å². The van der Waals surface area contributed by atoms with Crippen molar-refractivity contribution in [2.24, 2.45) is 0 Å². The molecule has 2 N–H and O–H groups in total. The lowest BCUT2D eigenvalue weighted by molar-refractivity contribution is -0.0236. The van der Waals surface area contributed by atoms with Crippen LogP contribution in [0.15, 0.2) is 6.07 Å². The molecule has 0 aliphatic heterocycles. The Balaban J connectivity index is 2.00. The van der Waals surface area contributed by atoms with Gasteiger partial charge in [-0.1, -0.05) is 0 Å². The third kappa shape index (κ3) is 2.45. The molecule has 4 nitrogen and oxygen atoms in total. The molecule has 15 heavy (non-hydrogen) atoms. The fraction of sp³-hybridized carbons (Fsp3) is 0.636. The Kier molecular flexibility index (Phi) is 2.38. The molecule has 0 unspecified atom stereocenters. The van der Waals surface area contributed by atoms with Crippen molar-refractivity contribution in [3.63, 3.8) is 0 Å². The molecule has 82 valence electrons. The molecule has 2 rings (SSSR count). The van der Waals surface area contributed by atoms with Crippen LogP contribution in [0.1, 0.15) is 31.2 Å². The molecule has 0 aromatic carbocycles. The average Bonchev–Trinajstić information content (AvgIpc) is 1.97. The highest BCUT2D eigenvalue weighted by Gasteiger charge is 2.38. The van der Waals surface area contributed by atoms with Crippen LogP contribution in [0, 0.1) is 13.8 Å². The quantitative estimate of drug-likeness (QED) is 0.770. The van der Waals surface area contributed by atoms with Gasteiger partial charge < -0.3 is 10.4 Å². The topological polar surface area (TPSA) is 58.0 Å². The van der Waals surface area contributed by atoms with E-state index >= 15 is 0 Å². The van der Waals surface area contributed by atoms with Gasteiger partial charge in [-0.05, 0) is 39.7 Å². The second kappa shape index (κ2) is 3.45. The summed E-state index contributed by atoms with van der Waals surface area (Å²) in [5.41, 5.74) is 1.43. The fourth-order valence-corrected chi connectivity index (χ4v) is 2.08. The summed E-state index contributed by atoms with van der Waals surface area (Å²) in [4.78, 5) is 8.60. The number of nitrogens with one attached hydrogen (secondary N) is 1. The van der Waals surface area contributed by atoms with Gasteiger partial charge in [-0.25, -0.2) is 9.97 Å². The monoisotopic (exact) mass is 207 g/mol. The van der Waals surface area contributed by atoms with E-state index < -0.39 is 5.60 Å². The van der Waals surface area contributed by atoms with Gasteiger partial charge in [0.1, 0.15) is 0 Å². The highest BCUT2D eigenvalue weighted by Crippen LogP contribution is 2.33. The lowest BCUT2D eigenvalue weighted by atomic mass is 9.77. The molecule has 1 aliphatic carbocycles. The van der Waals surface area contributed by atoms with Gasteiger partial charge in [0.15, 0.2) is 0 Å². The number of aromatic nitrogens is 2. The van der Waals surface area contributed by atoms with Crippen LogP contribution in [0.5, 0.6) is 0 Å². The number of nitrogens with zero attached hydrogens (tertiary/aromatic N) is 2. The molecular weight excluding hydrogens is 190 g/mol. The van der Waals surface area contributed by atoms with Gasteiger partial charge in [0.2, 0.25) is 5.95 Å². The van der Waals surface area contributed by atoms with Crippen LogP contribution in [-0.2, 0) is 0 Å². The predicted octanol–water partition coefficient (Wildman–Crippen LogP) is 1.42. The standard InChI is InChI=1S/C11H17N3O/c1-7-4-8(2)13-10(12-7)14-9-5-11(3,15)6-9/h4,9,15H,5-6H2,1-3H3,(H,12,13,14). The Labute approximate surface area is 89.8 Å². The maximum Gasteiger partial charge on any atom is 0.223 e. The minimum atomic E-state index is -0.503. The molecule has 1 saturated carbocycles. The van der Waals surface area contributed by atoms with Crippen molar-refractivity contribution in [3.05, 3.63) is 17.5 Å². The highest BCUT2D eigenvalue weighted by molar-refractivity contribution is 5.30. The number of hydrogen-bond acceptors (Lipinski definition) is 4. The minimum absolute atomic E-state index is 0.307. The number of aryl methyl sites for hydroxylation is 2. The van der Waals surface area contributed by atoms with Crippen LogP contribution in [0.4, 0.5) is 5.95 Å². The first-order valence-corrected chi connectivity index (χ1v) is 5.26. The first-order chi connectivity index (χ1) is 6.94. The Morgan fingerprint density at radius 1 is 1.33 bits per heavy atom. The van der Waals surface area contributed by atoms with Crippen molar-refractivity contribution in [1.82, 2.24) is 9.97 Å². The molecule has 0 spiro atoms. The summed E-state index contributed by atoms with van der Waals surface area (Å²) in [6.07, 6.45) is 1.53. The van der Waals surface area contributed by atoms with Gasteiger partial charge in [-0.2, -0.15) is 0 Å². The first-order valence-electron chi connectivity index (χ1n) is 5.26. The van der Waals surface area contributed by atoms with Gasteiger partial charge in [-0.3, -0.25) is 0 Å². The number of hydrogen-bond donors (Lipinski definition) is 2. The summed E-state index contributed by atoms with van der Waals surface area (Å²) in [6, 6.07) is 2.25. The molecule has 0 bridgehead atoms. The van der Waals surface area contributed by atoms with Gasteiger partial charge in [0.25, 0.3) is 0 Å². The summed E-state index contributed by atoms with van der Waals surface area (Å²) in [6.45, 7) is 5.76. The summed E-state index contributed by atoms with van der Waals surface area (Å²) in [7, 11) is 0. The van der Waals surface area contributed by atoms with Gasteiger partial charge >= 0.3 is 0 Å². The molecule has 0 amide bonds. The van der Waals surface area contributed by atoms with Crippen LogP contribution >= 0.6 is 0 Å². The molecular formula is C11H17N3O. The maximum absolute atomic E-state index is 9.59. The maximum atomic E-state index is 9.59. The van der Waals surface area contributed by atoms with E-state index in [1.807, 2.05) is 26.8 Å². The number of aliphatic hydroxyl groups is 1. The summed E-state index contributed by atoms with van der Waals surface area (Å²) in [5.74, 6) is 0.674. The first kappa shape index (κ1) is 10.4. The molecule has 1 aliphatic rings. The molecule has 0 radical (unpaired) electrons. The van der Waals surface area contributed by atoms with E-state index in [1.165, 1.54) is 0 Å². The van der Waals surface area contributed by atoms with Gasteiger partial charge in [-0.15, -0.1) is 0 Å². The number of rotatable bonds is 2. The zero-order chi connectivity index (χ0) is 11.1. The van der Waals surface area contributed by atoms with Crippen LogP contribution in [0.2, 0.25) is 0 Å². The molecule has 1 heterocycles. The summed E-state index contributed by atoms with van der Waals surface area (Å²) in [5, 5.41) is 12.8. The van der Waals surface area contributed by atoms with Crippen LogP contribution < -0.4 is 5.32 Å². The normalized spacial score (nSPS) is 29.7. The zero-order valence-electron chi connectivity index (χ0n) is 9.41. The lowest BCUT2D eigenvalue weighted by Crippen LogP contribution is -2.48. The second-order valence-electron chi connectivity index (χ2n) is 4.72. The summed E-state index contributed by atoms with van der Waals surface area (Å²) >= 11 is 0. The zero-order valence-corrected chi connectivity index (χ0v) is 9.41. The summed E-state index contributed by atoms with van der Waals surface area (Å²) < 4.78 is 0. The SMILES string of the molecule is Cc1cc(C)nc(NC2CC(C)(O)C2)n1. The van der Waals surface area contributed by atoms with E-state index in [1.54, 1.807) is 0 Å². The Morgan fingerprint density at radius 3 is 2.33 bits per heavy atom. The lowest BCUT2D eigenvalue weighted by Gasteiger charge is -2.41. The molecule has 1 aromatic rings. The Hall–Kier alpha value is -1.16. The van der Waals surface area contributed by atoms with Crippen LogP contribution in [-0.4, -0.2) is 26.7 Å². The molecule has 0 atom stereocenters. The van der Waals surface area contributed by atoms with E-state index in [0.717, 1.165) is 24.2 Å².